The molecule has 0 heterocycles. The van der Waals surface area contributed by atoms with Crippen LogP contribution in [0.15, 0.2) is 58.3 Å². The first-order valence-electron chi connectivity index (χ1n) is 7.43. The van der Waals surface area contributed by atoms with Crippen LogP contribution < -0.4 is 0 Å². The van der Waals surface area contributed by atoms with Crippen molar-refractivity contribution in [3.63, 3.8) is 0 Å². The average Bonchev–Trinajstić information content (AvgIpc) is 2.55. The third kappa shape index (κ3) is 10.0. The number of carbonyl (C=O) groups excluding carboxylic acids is 1. The molecule has 0 aliphatic heterocycles. The lowest BCUT2D eigenvalue weighted by Crippen LogP contribution is -1.96. The largest absolute Gasteiger partial charge is 0.303 e. The maximum atomic E-state index is 10.5. The second-order valence-electron chi connectivity index (χ2n) is 5.15. The van der Waals surface area contributed by atoms with Gasteiger partial charge in [0.1, 0.15) is 6.29 Å². The molecule has 0 aliphatic rings. The van der Waals surface area contributed by atoms with Gasteiger partial charge in [0.05, 0.1) is 9.79 Å². The number of aryl methyl sites for hydroxylation is 2. The monoisotopic (exact) mass is 402 g/mol. The minimum absolute atomic E-state index is 0.0666. The zero-order valence-electron chi connectivity index (χ0n) is 14.7. The molecule has 2 rings (SSSR count). The molecule has 2 N–H and O–H groups in total. The van der Waals surface area contributed by atoms with Gasteiger partial charge in [-0.1, -0.05) is 42.3 Å². The van der Waals surface area contributed by atoms with Gasteiger partial charge in [-0.15, -0.1) is 0 Å². The Kier molecular flexibility index (Phi) is 9.96. The number of aldehydes is 1. The van der Waals surface area contributed by atoms with Crippen LogP contribution in [0.25, 0.3) is 0 Å². The lowest BCUT2D eigenvalue weighted by molar-refractivity contribution is -0.107. The fourth-order valence-electron chi connectivity index (χ4n) is 1.42. The molecule has 0 aliphatic carbocycles. The Hall–Kier alpha value is -2.07. The van der Waals surface area contributed by atoms with Crippen molar-refractivity contribution in [2.75, 3.05) is 0 Å². The van der Waals surface area contributed by atoms with Gasteiger partial charge >= 0.3 is 0 Å². The predicted octanol–water partition coefficient (Wildman–Crippen LogP) is 3.08. The maximum absolute atomic E-state index is 10.5. The summed E-state index contributed by atoms with van der Waals surface area (Å²) in [5.41, 5.74) is 1.91. The normalized spacial score (nSPS) is 10.7. The van der Waals surface area contributed by atoms with Gasteiger partial charge in [0.2, 0.25) is 0 Å². The highest BCUT2D eigenvalue weighted by Crippen LogP contribution is 2.09. The molecule has 0 aromatic heterocycles. The van der Waals surface area contributed by atoms with Crippen LogP contribution in [0.3, 0.4) is 0 Å². The predicted molar refractivity (Wildman–Crippen MR) is 98.3 cm³/mol. The van der Waals surface area contributed by atoms with E-state index >= 15 is 0 Å². The SMILES string of the molecule is CCC=O.Cc1ccc(S(=O)(=O)O)cc1.Cc1ccc(S(=O)(=O)O)cc1. The Morgan fingerprint density at radius 3 is 1.12 bits per heavy atom. The van der Waals surface area contributed by atoms with Crippen molar-refractivity contribution in [1.82, 2.24) is 0 Å². The van der Waals surface area contributed by atoms with Crippen molar-refractivity contribution < 1.29 is 30.7 Å². The van der Waals surface area contributed by atoms with Gasteiger partial charge in [-0.25, -0.2) is 0 Å². The molecule has 0 spiro atoms. The van der Waals surface area contributed by atoms with Crippen LogP contribution in [0.2, 0.25) is 0 Å². The van der Waals surface area contributed by atoms with E-state index in [1.54, 1.807) is 24.3 Å². The third-order valence-corrected chi connectivity index (χ3v) is 4.54. The molecular weight excluding hydrogens is 380 g/mol. The summed E-state index contributed by atoms with van der Waals surface area (Å²) in [5, 5.41) is 0. The molecule has 0 bridgehead atoms. The number of hydrogen-bond acceptors (Lipinski definition) is 5. The first kappa shape index (κ1) is 23.9. The molecule has 0 amide bonds. The Bertz CT molecular complexity index is 810. The molecule has 144 valence electrons. The summed E-state index contributed by atoms with van der Waals surface area (Å²) in [6.45, 7) is 5.49. The van der Waals surface area contributed by atoms with E-state index in [2.05, 4.69) is 0 Å². The summed E-state index contributed by atoms with van der Waals surface area (Å²) in [6, 6.07) is 12.0. The quantitative estimate of drug-likeness (QED) is 0.597. The molecule has 2 aromatic carbocycles. The van der Waals surface area contributed by atoms with E-state index < -0.39 is 20.2 Å². The highest BCUT2D eigenvalue weighted by atomic mass is 32.2. The molecule has 0 radical (unpaired) electrons. The fourth-order valence-corrected chi connectivity index (χ4v) is 2.38. The molecule has 7 nitrogen and oxygen atoms in total. The average molecular weight is 402 g/mol. The van der Waals surface area contributed by atoms with Gasteiger partial charge in [0, 0.05) is 6.42 Å². The van der Waals surface area contributed by atoms with Crippen LogP contribution >= 0.6 is 0 Å². The molecule has 0 saturated carbocycles. The maximum Gasteiger partial charge on any atom is 0.294 e. The van der Waals surface area contributed by atoms with Gasteiger partial charge in [-0.05, 0) is 38.1 Å². The van der Waals surface area contributed by atoms with E-state index in [0.717, 1.165) is 17.4 Å². The molecule has 0 fully saturated rings. The minimum atomic E-state index is -4.02. The summed E-state index contributed by atoms with van der Waals surface area (Å²) in [4.78, 5) is 9.04. The van der Waals surface area contributed by atoms with Gasteiger partial charge in [-0.3, -0.25) is 9.11 Å². The van der Waals surface area contributed by atoms with E-state index in [0.29, 0.717) is 6.42 Å². The van der Waals surface area contributed by atoms with E-state index in [9.17, 15) is 21.6 Å². The Morgan fingerprint density at radius 2 is 0.962 bits per heavy atom. The highest BCUT2D eigenvalue weighted by Gasteiger charge is 2.07. The molecular formula is C17H22O7S2. The van der Waals surface area contributed by atoms with Gasteiger partial charge in [-0.2, -0.15) is 16.8 Å². The number of hydrogen-bond donors (Lipinski definition) is 2. The summed E-state index contributed by atoms with van der Waals surface area (Å²) < 4.78 is 59.1. The summed E-state index contributed by atoms with van der Waals surface area (Å²) in [7, 11) is -8.04. The zero-order chi connectivity index (χ0) is 20.4. The lowest BCUT2D eigenvalue weighted by Gasteiger charge is -1.95. The first-order chi connectivity index (χ1) is 11.9. The van der Waals surface area contributed by atoms with Crippen molar-refractivity contribution in [3.05, 3.63) is 59.7 Å². The molecule has 0 saturated heterocycles. The van der Waals surface area contributed by atoms with Crippen LogP contribution in [0.5, 0.6) is 0 Å². The summed E-state index contributed by atoms with van der Waals surface area (Å²) in [6.07, 6.45) is 1.51. The van der Waals surface area contributed by atoms with Crippen molar-refractivity contribution in [3.8, 4) is 0 Å². The van der Waals surface area contributed by atoms with Crippen LogP contribution in [0.1, 0.15) is 24.5 Å². The van der Waals surface area contributed by atoms with Crippen molar-refractivity contribution in [1.29, 1.82) is 0 Å². The van der Waals surface area contributed by atoms with E-state index in [4.69, 9.17) is 9.11 Å². The molecule has 0 atom stereocenters. The van der Waals surface area contributed by atoms with E-state index in [1.165, 1.54) is 24.3 Å². The van der Waals surface area contributed by atoms with E-state index in [1.807, 2.05) is 20.8 Å². The lowest BCUT2D eigenvalue weighted by atomic mass is 10.2. The topological polar surface area (TPSA) is 126 Å². The summed E-state index contributed by atoms with van der Waals surface area (Å²) in [5.74, 6) is 0. The van der Waals surface area contributed by atoms with Crippen molar-refractivity contribution >= 4 is 26.5 Å². The van der Waals surface area contributed by atoms with Crippen LogP contribution in [-0.2, 0) is 25.0 Å². The highest BCUT2D eigenvalue weighted by molar-refractivity contribution is 7.86. The Labute approximate surface area is 154 Å². The van der Waals surface area contributed by atoms with Crippen LogP contribution in [0.4, 0.5) is 0 Å². The molecule has 2 aromatic rings. The smallest absolute Gasteiger partial charge is 0.294 e. The Balaban J connectivity index is 0.000000401. The van der Waals surface area contributed by atoms with E-state index in [-0.39, 0.29) is 9.79 Å². The number of carbonyl (C=O) groups is 1. The standard InChI is InChI=1S/2C7H8O3S.C3H6O/c2*1-6-2-4-7(5-3-6)11(8,9)10;1-2-3-4/h2*2-5H,1H3,(H,8,9,10);3H,2H2,1H3. The van der Waals surface area contributed by atoms with Crippen molar-refractivity contribution in [2.45, 2.75) is 37.0 Å². The fraction of sp³-hybridized carbons (Fsp3) is 0.235. The number of rotatable bonds is 3. The Morgan fingerprint density at radius 1 is 0.731 bits per heavy atom. The van der Waals surface area contributed by atoms with Gasteiger partial charge < -0.3 is 4.79 Å². The second kappa shape index (κ2) is 10.8. The first-order valence-corrected chi connectivity index (χ1v) is 10.3. The minimum Gasteiger partial charge on any atom is -0.303 e. The molecule has 9 heteroatoms. The number of benzene rings is 2. The van der Waals surface area contributed by atoms with Gasteiger partial charge in [0.15, 0.2) is 0 Å². The molecule has 26 heavy (non-hydrogen) atoms. The van der Waals surface area contributed by atoms with Crippen LogP contribution in [-0.4, -0.2) is 32.2 Å². The molecule has 0 unspecified atom stereocenters. The van der Waals surface area contributed by atoms with Crippen LogP contribution in [0, 0.1) is 13.8 Å². The summed E-state index contributed by atoms with van der Waals surface area (Å²) >= 11 is 0. The van der Waals surface area contributed by atoms with Crippen molar-refractivity contribution in [2.24, 2.45) is 0 Å². The van der Waals surface area contributed by atoms with Gasteiger partial charge in [0.25, 0.3) is 20.2 Å². The second-order valence-corrected chi connectivity index (χ2v) is 7.99. The third-order valence-electron chi connectivity index (χ3n) is 2.80. The zero-order valence-corrected chi connectivity index (χ0v) is 16.3.